The lowest BCUT2D eigenvalue weighted by Gasteiger charge is -1.75. The first-order chi connectivity index (χ1) is 2.27. The molecule has 0 saturated carbocycles. The largest absolute Gasteiger partial charge is 0.301 e. The zero-order valence-electron chi connectivity index (χ0n) is 2.39. The zero-order chi connectivity index (χ0) is 4.28. The van der Waals surface area contributed by atoms with E-state index in [1.54, 1.807) is 0 Å². The molecule has 0 aliphatic heterocycles. The molecular weight excluding hydrogens is 199 g/mol. The van der Waals surface area contributed by atoms with E-state index < -0.39 is 0 Å². The van der Waals surface area contributed by atoms with E-state index >= 15 is 0 Å². The lowest BCUT2D eigenvalue weighted by atomic mass is 10.9. The van der Waals surface area contributed by atoms with Gasteiger partial charge in [-0.25, -0.2) is 0 Å². The molecule has 0 rings (SSSR count). The van der Waals surface area contributed by atoms with E-state index in [1.807, 2.05) is 22.6 Å². The Labute approximate surface area is 49.7 Å². The smallest absolute Gasteiger partial charge is 0.142 e. The van der Waals surface area contributed by atoms with Crippen molar-refractivity contribution in [3.05, 3.63) is 0 Å². The standard InChI is InChI=1S/C2H3IOS/c3-2(5)1-4/h1-2,5H/t2-/m0/s1. The monoisotopic (exact) mass is 202 g/mol. The highest BCUT2D eigenvalue weighted by Gasteiger charge is 1.83. The second-order valence-electron chi connectivity index (χ2n) is 0.509. The molecule has 0 N–H and O–H groups in total. The van der Waals surface area contributed by atoms with Gasteiger partial charge in [0.2, 0.25) is 0 Å². The highest BCUT2D eigenvalue weighted by Crippen LogP contribution is 1.97. The first-order valence-electron chi connectivity index (χ1n) is 1.05. The van der Waals surface area contributed by atoms with Crippen molar-refractivity contribution in [1.29, 1.82) is 0 Å². The molecule has 0 fully saturated rings. The first-order valence-corrected chi connectivity index (χ1v) is 2.81. The minimum absolute atomic E-state index is 0.132. The fraction of sp³-hybridized carbons (Fsp3) is 0.500. The molecule has 0 bridgehead atoms. The number of rotatable bonds is 1. The van der Waals surface area contributed by atoms with Crippen molar-refractivity contribution in [2.75, 3.05) is 0 Å². The summed E-state index contributed by atoms with van der Waals surface area (Å²) in [6.07, 6.45) is 0.768. The Morgan fingerprint density at radius 1 is 2.00 bits per heavy atom. The average molecular weight is 202 g/mol. The summed E-state index contributed by atoms with van der Waals surface area (Å²) in [6.45, 7) is 0. The molecule has 0 aromatic carbocycles. The molecule has 1 nitrogen and oxygen atoms in total. The van der Waals surface area contributed by atoms with Crippen LogP contribution in [0.3, 0.4) is 0 Å². The van der Waals surface area contributed by atoms with Gasteiger partial charge in [-0.05, 0) is 0 Å². The maximum Gasteiger partial charge on any atom is 0.142 e. The van der Waals surface area contributed by atoms with Crippen molar-refractivity contribution in [3.8, 4) is 0 Å². The Kier molecular flexibility index (Phi) is 3.40. The van der Waals surface area contributed by atoms with Crippen LogP contribution >= 0.6 is 35.2 Å². The van der Waals surface area contributed by atoms with E-state index in [0.29, 0.717) is 0 Å². The summed E-state index contributed by atoms with van der Waals surface area (Å²) in [6, 6.07) is 0. The molecule has 0 spiro atoms. The summed E-state index contributed by atoms with van der Waals surface area (Å²) in [4.78, 5) is 9.42. The summed E-state index contributed by atoms with van der Waals surface area (Å²) in [5, 5.41) is 0. The summed E-state index contributed by atoms with van der Waals surface area (Å²) >= 11 is 5.62. The molecule has 0 heterocycles. The van der Waals surface area contributed by atoms with Crippen LogP contribution in [0.5, 0.6) is 0 Å². The number of carbonyl (C=O) groups is 1. The van der Waals surface area contributed by atoms with Crippen LogP contribution in [-0.4, -0.2) is 9.54 Å². The van der Waals surface area contributed by atoms with Gasteiger partial charge in [0.1, 0.15) is 9.54 Å². The summed E-state index contributed by atoms with van der Waals surface area (Å²) < 4.78 is -0.132. The molecule has 0 unspecified atom stereocenters. The van der Waals surface area contributed by atoms with Crippen LogP contribution in [0.15, 0.2) is 0 Å². The predicted octanol–water partition coefficient (Wildman–Crippen LogP) is 0.876. The van der Waals surface area contributed by atoms with Crippen molar-refractivity contribution in [3.63, 3.8) is 0 Å². The Morgan fingerprint density at radius 3 is 2.20 bits per heavy atom. The molecule has 30 valence electrons. The number of hydrogen-bond donors (Lipinski definition) is 1. The zero-order valence-corrected chi connectivity index (χ0v) is 5.44. The molecule has 0 aromatic heterocycles. The van der Waals surface area contributed by atoms with E-state index in [4.69, 9.17) is 0 Å². The van der Waals surface area contributed by atoms with Crippen LogP contribution < -0.4 is 0 Å². The van der Waals surface area contributed by atoms with Crippen LogP contribution in [0.25, 0.3) is 0 Å². The maximum absolute atomic E-state index is 9.42. The van der Waals surface area contributed by atoms with Gasteiger partial charge in [-0.2, -0.15) is 12.6 Å². The van der Waals surface area contributed by atoms with E-state index in [1.165, 1.54) is 0 Å². The van der Waals surface area contributed by atoms with E-state index in [0.717, 1.165) is 6.29 Å². The molecule has 0 aromatic rings. The van der Waals surface area contributed by atoms with Gasteiger partial charge in [-0.15, -0.1) is 0 Å². The topological polar surface area (TPSA) is 17.1 Å². The van der Waals surface area contributed by atoms with Gasteiger partial charge in [0.25, 0.3) is 0 Å². The normalized spacial score (nSPS) is 14.0. The van der Waals surface area contributed by atoms with Crippen LogP contribution in [-0.2, 0) is 4.79 Å². The van der Waals surface area contributed by atoms with E-state index in [2.05, 4.69) is 12.6 Å². The molecule has 0 amide bonds. The van der Waals surface area contributed by atoms with Gasteiger partial charge in [0, 0.05) is 0 Å². The number of aldehydes is 1. The Hall–Kier alpha value is 0.750. The minimum atomic E-state index is -0.132. The fourth-order valence-electron chi connectivity index (χ4n) is 0. The van der Waals surface area contributed by atoms with Gasteiger partial charge in [0.05, 0.1) is 0 Å². The lowest BCUT2D eigenvalue weighted by molar-refractivity contribution is -0.106. The number of alkyl halides is 1. The van der Waals surface area contributed by atoms with Crippen molar-refractivity contribution in [1.82, 2.24) is 0 Å². The number of halogens is 1. The van der Waals surface area contributed by atoms with Crippen molar-refractivity contribution in [2.24, 2.45) is 0 Å². The lowest BCUT2D eigenvalue weighted by Crippen LogP contribution is -1.80. The summed E-state index contributed by atoms with van der Waals surface area (Å²) in [7, 11) is 0. The van der Waals surface area contributed by atoms with Crippen molar-refractivity contribution >= 4 is 41.5 Å². The third-order valence-corrected chi connectivity index (χ3v) is 0.528. The Morgan fingerprint density at radius 2 is 2.20 bits per heavy atom. The van der Waals surface area contributed by atoms with Crippen molar-refractivity contribution in [2.45, 2.75) is 3.26 Å². The minimum Gasteiger partial charge on any atom is -0.301 e. The molecule has 0 radical (unpaired) electrons. The molecule has 5 heavy (non-hydrogen) atoms. The number of carbonyl (C=O) groups excluding carboxylic acids is 1. The first kappa shape index (κ1) is 5.75. The van der Waals surface area contributed by atoms with Gasteiger partial charge in [-0.1, -0.05) is 22.6 Å². The maximum atomic E-state index is 9.42. The second-order valence-corrected chi connectivity index (χ2v) is 3.39. The average Bonchev–Trinajstić information content (AvgIpc) is 1.38. The molecule has 0 aliphatic rings. The molecule has 1 atom stereocenters. The summed E-state index contributed by atoms with van der Waals surface area (Å²) in [5.41, 5.74) is 0. The van der Waals surface area contributed by atoms with Crippen LogP contribution in [0, 0.1) is 0 Å². The highest BCUT2D eigenvalue weighted by atomic mass is 127. The number of thiol groups is 1. The number of hydrogen-bond acceptors (Lipinski definition) is 2. The highest BCUT2D eigenvalue weighted by molar-refractivity contribution is 14.1. The Bertz CT molecular complexity index is 36.6. The fourth-order valence-corrected chi connectivity index (χ4v) is 0. The second kappa shape index (κ2) is 2.96. The third-order valence-electron chi connectivity index (χ3n) is 0.112. The van der Waals surface area contributed by atoms with Crippen LogP contribution in [0.4, 0.5) is 0 Å². The van der Waals surface area contributed by atoms with Gasteiger partial charge in [-0.3, -0.25) is 0 Å². The van der Waals surface area contributed by atoms with Gasteiger partial charge < -0.3 is 4.79 Å². The Balaban J connectivity index is 2.83. The third kappa shape index (κ3) is 4.75. The molecule has 0 aliphatic carbocycles. The van der Waals surface area contributed by atoms with E-state index in [-0.39, 0.29) is 3.26 Å². The van der Waals surface area contributed by atoms with E-state index in [9.17, 15) is 4.79 Å². The van der Waals surface area contributed by atoms with Crippen molar-refractivity contribution < 1.29 is 4.79 Å². The molecular formula is C2H3IOS. The van der Waals surface area contributed by atoms with Gasteiger partial charge >= 0.3 is 0 Å². The predicted molar refractivity (Wildman–Crippen MR) is 32.9 cm³/mol. The molecule has 0 saturated heterocycles. The molecule has 3 heteroatoms. The SMILES string of the molecule is O=C[C@H](S)I. The quantitative estimate of drug-likeness (QED) is 0.289. The summed E-state index contributed by atoms with van der Waals surface area (Å²) in [5.74, 6) is 0. The van der Waals surface area contributed by atoms with Crippen LogP contribution in [0.1, 0.15) is 0 Å². The van der Waals surface area contributed by atoms with Gasteiger partial charge in [0.15, 0.2) is 0 Å². The van der Waals surface area contributed by atoms with Crippen LogP contribution in [0.2, 0.25) is 0 Å².